The number of piperidine rings is 1. The summed E-state index contributed by atoms with van der Waals surface area (Å²) in [5.74, 6) is -0.265. The molecule has 0 aromatic heterocycles. The summed E-state index contributed by atoms with van der Waals surface area (Å²) < 4.78 is 0. The largest absolute Gasteiger partial charge is 0.481 e. The molecule has 0 unspecified atom stereocenters. The molecule has 1 heterocycles. The fraction of sp³-hybridized carbons (Fsp3) is 0.900. The highest BCUT2D eigenvalue weighted by Gasteiger charge is 2.34. The van der Waals surface area contributed by atoms with E-state index in [2.05, 4.69) is 4.90 Å². The van der Waals surface area contributed by atoms with E-state index in [-0.39, 0.29) is 12.0 Å². The first kappa shape index (κ1) is 9.93. The van der Waals surface area contributed by atoms with Gasteiger partial charge in [0.1, 0.15) is 0 Å². The predicted octanol–water partition coefficient (Wildman–Crippen LogP) is 0.130. The van der Waals surface area contributed by atoms with Crippen molar-refractivity contribution < 1.29 is 9.90 Å². The molecule has 2 atom stereocenters. The summed E-state index contributed by atoms with van der Waals surface area (Å²) in [6.45, 7) is 2.70. The lowest BCUT2D eigenvalue weighted by atomic mass is 9.93. The zero-order valence-electron chi connectivity index (χ0n) is 8.35. The van der Waals surface area contributed by atoms with Crippen LogP contribution in [-0.2, 0) is 4.79 Å². The monoisotopic (exact) mass is 198 g/mol. The maximum atomic E-state index is 10.9. The summed E-state index contributed by atoms with van der Waals surface area (Å²) in [6.07, 6.45) is 3.46. The summed E-state index contributed by atoms with van der Waals surface area (Å²) in [5.41, 5.74) is 5.78. The number of nitrogens with zero attached hydrogens (tertiary/aromatic N) is 1. The van der Waals surface area contributed by atoms with E-state index in [1.54, 1.807) is 0 Å². The normalized spacial score (nSPS) is 34.4. The average molecular weight is 198 g/mol. The van der Waals surface area contributed by atoms with Crippen molar-refractivity contribution in [2.45, 2.75) is 25.3 Å². The molecule has 2 fully saturated rings. The molecular formula is C10H18N2O2. The number of likely N-dealkylation sites (tertiary alicyclic amines) is 1. The Morgan fingerprint density at radius 1 is 1.43 bits per heavy atom. The van der Waals surface area contributed by atoms with Crippen LogP contribution in [0.15, 0.2) is 0 Å². The van der Waals surface area contributed by atoms with E-state index in [0.29, 0.717) is 6.54 Å². The number of rotatable bonds is 3. The molecule has 0 amide bonds. The average Bonchev–Trinajstić information content (AvgIpc) is 2.92. The zero-order valence-corrected chi connectivity index (χ0v) is 8.35. The van der Waals surface area contributed by atoms with E-state index in [9.17, 15) is 4.79 Å². The molecule has 4 nitrogen and oxygen atoms in total. The van der Waals surface area contributed by atoms with E-state index in [0.717, 1.165) is 25.4 Å². The smallest absolute Gasteiger partial charge is 0.309 e. The first-order chi connectivity index (χ1) is 6.66. The number of aliphatic carboxylic acids is 1. The fourth-order valence-electron chi connectivity index (χ4n) is 2.13. The van der Waals surface area contributed by atoms with Crippen LogP contribution in [0, 0.1) is 11.8 Å². The van der Waals surface area contributed by atoms with Gasteiger partial charge in [-0.25, -0.2) is 0 Å². The van der Waals surface area contributed by atoms with Crippen molar-refractivity contribution in [2.24, 2.45) is 17.6 Å². The molecule has 4 heteroatoms. The number of carboxylic acid groups (broad SMARTS) is 1. The lowest BCUT2D eigenvalue weighted by Crippen LogP contribution is -2.50. The molecule has 0 aromatic carbocycles. The van der Waals surface area contributed by atoms with Crippen molar-refractivity contribution in [2.75, 3.05) is 19.6 Å². The minimum atomic E-state index is -0.738. The standard InChI is InChI=1S/C10H18N2O2/c11-9-3-4-12(5-7-1-2-7)6-8(9)10(13)14/h7-9H,1-6,11H2,(H,13,14)/t8-,9-/m1/s1. The fourth-order valence-corrected chi connectivity index (χ4v) is 2.13. The number of nitrogens with two attached hydrogens (primary N) is 1. The Balaban J connectivity index is 1.86. The highest BCUT2D eigenvalue weighted by atomic mass is 16.4. The van der Waals surface area contributed by atoms with E-state index < -0.39 is 5.97 Å². The second-order valence-electron chi connectivity index (χ2n) is 4.60. The van der Waals surface area contributed by atoms with Crippen LogP contribution < -0.4 is 5.73 Å². The molecule has 1 aliphatic carbocycles. The number of hydrogen-bond donors (Lipinski definition) is 2. The highest BCUT2D eigenvalue weighted by molar-refractivity contribution is 5.71. The zero-order chi connectivity index (χ0) is 10.1. The van der Waals surface area contributed by atoms with Crippen LogP contribution in [0.5, 0.6) is 0 Å². The van der Waals surface area contributed by atoms with Crippen LogP contribution in [0.4, 0.5) is 0 Å². The minimum Gasteiger partial charge on any atom is -0.481 e. The lowest BCUT2D eigenvalue weighted by Gasteiger charge is -2.34. The lowest BCUT2D eigenvalue weighted by molar-refractivity contribution is -0.144. The Morgan fingerprint density at radius 2 is 2.14 bits per heavy atom. The summed E-state index contributed by atoms with van der Waals surface area (Å²) in [5, 5.41) is 8.97. The Labute approximate surface area is 84.1 Å². The van der Waals surface area contributed by atoms with Gasteiger partial charge in [-0.15, -0.1) is 0 Å². The van der Waals surface area contributed by atoms with Gasteiger partial charge in [-0.2, -0.15) is 0 Å². The summed E-state index contributed by atoms with van der Waals surface area (Å²) >= 11 is 0. The number of carbonyl (C=O) groups is 1. The quantitative estimate of drug-likeness (QED) is 0.676. The molecule has 0 bridgehead atoms. The molecule has 2 rings (SSSR count). The Bertz CT molecular complexity index is 228. The molecule has 80 valence electrons. The molecule has 14 heavy (non-hydrogen) atoms. The van der Waals surface area contributed by atoms with Gasteiger partial charge in [0.25, 0.3) is 0 Å². The van der Waals surface area contributed by atoms with Crippen molar-refractivity contribution in [1.82, 2.24) is 4.90 Å². The van der Waals surface area contributed by atoms with Crippen molar-refractivity contribution in [3.8, 4) is 0 Å². The third kappa shape index (κ3) is 2.25. The van der Waals surface area contributed by atoms with Crippen LogP contribution in [0.1, 0.15) is 19.3 Å². The van der Waals surface area contributed by atoms with Gasteiger partial charge >= 0.3 is 5.97 Å². The molecule has 1 saturated carbocycles. The number of carboxylic acids is 1. The molecule has 0 radical (unpaired) electrons. The predicted molar refractivity (Wildman–Crippen MR) is 52.9 cm³/mol. The van der Waals surface area contributed by atoms with Crippen LogP contribution in [-0.4, -0.2) is 41.7 Å². The Hall–Kier alpha value is -0.610. The first-order valence-corrected chi connectivity index (χ1v) is 5.37. The third-order valence-electron chi connectivity index (χ3n) is 3.28. The van der Waals surface area contributed by atoms with Crippen molar-refractivity contribution in [3.05, 3.63) is 0 Å². The second-order valence-corrected chi connectivity index (χ2v) is 4.60. The third-order valence-corrected chi connectivity index (χ3v) is 3.28. The molecule has 3 N–H and O–H groups in total. The molecular weight excluding hydrogens is 180 g/mol. The summed E-state index contributed by atoms with van der Waals surface area (Å²) in [4.78, 5) is 13.2. The maximum Gasteiger partial charge on any atom is 0.309 e. The van der Waals surface area contributed by atoms with Gasteiger partial charge in [0.05, 0.1) is 5.92 Å². The van der Waals surface area contributed by atoms with Crippen LogP contribution in [0.3, 0.4) is 0 Å². The van der Waals surface area contributed by atoms with E-state index >= 15 is 0 Å². The van der Waals surface area contributed by atoms with E-state index in [4.69, 9.17) is 10.8 Å². The molecule has 0 aromatic rings. The minimum absolute atomic E-state index is 0.150. The topological polar surface area (TPSA) is 66.6 Å². The SMILES string of the molecule is N[C@@H]1CCN(CC2CC2)C[C@H]1C(=O)O. The van der Waals surface area contributed by atoms with E-state index in [1.165, 1.54) is 12.8 Å². The van der Waals surface area contributed by atoms with Gasteiger partial charge in [-0.1, -0.05) is 0 Å². The van der Waals surface area contributed by atoms with Gasteiger partial charge in [0, 0.05) is 19.1 Å². The Morgan fingerprint density at radius 3 is 2.71 bits per heavy atom. The van der Waals surface area contributed by atoms with Crippen LogP contribution >= 0.6 is 0 Å². The van der Waals surface area contributed by atoms with Crippen molar-refractivity contribution in [1.29, 1.82) is 0 Å². The number of hydrogen-bond acceptors (Lipinski definition) is 3. The Kier molecular flexibility index (Phi) is 2.74. The van der Waals surface area contributed by atoms with Crippen LogP contribution in [0.25, 0.3) is 0 Å². The molecule has 2 aliphatic rings. The van der Waals surface area contributed by atoms with Crippen molar-refractivity contribution in [3.63, 3.8) is 0 Å². The molecule has 0 spiro atoms. The molecule has 1 saturated heterocycles. The van der Waals surface area contributed by atoms with Crippen LogP contribution in [0.2, 0.25) is 0 Å². The summed E-state index contributed by atoms with van der Waals surface area (Å²) in [6, 6.07) is -0.150. The first-order valence-electron chi connectivity index (χ1n) is 5.37. The van der Waals surface area contributed by atoms with E-state index in [1.807, 2.05) is 0 Å². The van der Waals surface area contributed by atoms with Crippen molar-refractivity contribution >= 4 is 5.97 Å². The summed E-state index contributed by atoms with van der Waals surface area (Å²) in [7, 11) is 0. The molecule has 1 aliphatic heterocycles. The van der Waals surface area contributed by atoms with Gasteiger partial charge in [-0.3, -0.25) is 4.79 Å². The van der Waals surface area contributed by atoms with Gasteiger partial charge < -0.3 is 15.7 Å². The van der Waals surface area contributed by atoms with Gasteiger partial charge in [0.15, 0.2) is 0 Å². The second kappa shape index (κ2) is 3.87. The van der Waals surface area contributed by atoms with Gasteiger partial charge in [0.2, 0.25) is 0 Å². The van der Waals surface area contributed by atoms with Gasteiger partial charge in [-0.05, 0) is 31.7 Å². The maximum absolute atomic E-state index is 10.9. The highest BCUT2D eigenvalue weighted by Crippen LogP contribution is 2.31.